The lowest BCUT2D eigenvalue weighted by atomic mass is 10.4. The molecule has 0 atom stereocenters. The lowest BCUT2D eigenvalue weighted by molar-refractivity contribution is -0.129. The predicted molar refractivity (Wildman–Crippen MR) is 75.7 cm³/mol. The van der Waals surface area contributed by atoms with E-state index in [2.05, 4.69) is 9.97 Å². The largest absolute Gasteiger partial charge is 0.347 e. The van der Waals surface area contributed by atoms with Crippen LogP contribution in [0, 0.1) is 0 Å². The molecular formula is C12H14Cl2N4O. The summed E-state index contributed by atoms with van der Waals surface area (Å²) in [7, 11) is 3.43. The summed E-state index contributed by atoms with van der Waals surface area (Å²) in [6.45, 7) is 0.199. The van der Waals surface area contributed by atoms with Crippen LogP contribution in [0.5, 0.6) is 0 Å². The van der Waals surface area contributed by atoms with Crippen LogP contribution in [0.1, 0.15) is 5.82 Å². The number of likely N-dealkylation sites (N-methyl/N-ethyl adjacent to an activating group) is 1. The molecule has 0 aliphatic rings. The summed E-state index contributed by atoms with van der Waals surface area (Å²) in [6, 6.07) is 1.73. The highest BCUT2D eigenvalue weighted by molar-refractivity contribution is 6.31. The Balaban J connectivity index is 2.48. The Morgan fingerprint density at radius 2 is 2.21 bits per heavy atom. The van der Waals surface area contributed by atoms with Gasteiger partial charge >= 0.3 is 0 Å². The molecule has 2 aromatic rings. The van der Waals surface area contributed by atoms with Crippen molar-refractivity contribution < 1.29 is 4.79 Å². The maximum absolute atomic E-state index is 11.9. The summed E-state index contributed by atoms with van der Waals surface area (Å²) in [5.41, 5.74) is 1.33. The van der Waals surface area contributed by atoms with E-state index >= 15 is 0 Å². The van der Waals surface area contributed by atoms with E-state index in [1.54, 1.807) is 30.9 Å². The molecule has 7 heteroatoms. The van der Waals surface area contributed by atoms with Crippen molar-refractivity contribution in [2.24, 2.45) is 0 Å². The van der Waals surface area contributed by atoms with Crippen LogP contribution in [0.15, 0.2) is 12.3 Å². The van der Waals surface area contributed by atoms with Crippen LogP contribution >= 0.6 is 23.2 Å². The molecule has 102 valence electrons. The molecule has 0 saturated carbocycles. The van der Waals surface area contributed by atoms with E-state index in [4.69, 9.17) is 23.2 Å². The minimum atomic E-state index is -0.0214. The summed E-state index contributed by atoms with van der Waals surface area (Å²) in [5.74, 6) is 1.16. The lowest BCUT2D eigenvalue weighted by Crippen LogP contribution is -2.27. The van der Waals surface area contributed by atoms with Crippen LogP contribution in [0.25, 0.3) is 11.2 Å². The number of rotatable bonds is 4. The Morgan fingerprint density at radius 3 is 2.84 bits per heavy atom. The monoisotopic (exact) mass is 300 g/mol. The smallest absolute Gasteiger partial charge is 0.242 e. The van der Waals surface area contributed by atoms with Crippen molar-refractivity contribution in [2.45, 2.75) is 13.0 Å². The number of halogens is 2. The Bertz CT molecular complexity index is 609. The Kier molecular flexibility index (Phi) is 4.27. The van der Waals surface area contributed by atoms with Crippen LogP contribution in [-0.2, 0) is 17.8 Å². The van der Waals surface area contributed by atoms with E-state index in [0.29, 0.717) is 28.5 Å². The number of carbonyl (C=O) groups excluding carboxylic acids is 1. The standard InChI is InChI=1S/C12H14Cl2N4O/c1-17(2)11(19)7-18-10(3-4-13)16-9-5-8(14)6-15-12(9)18/h5-6H,3-4,7H2,1-2H3. The van der Waals surface area contributed by atoms with Gasteiger partial charge in [0.2, 0.25) is 5.91 Å². The first-order chi connectivity index (χ1) is 9.02. The molecule has 0 unspecified atom stereocenters. The van der Waals surface area contributed by atoms with Gasteiger partial charge in [-0.2, -0.15) is 0 Å². The molecule has 1 amide bonds. The quantitative estimate of drug-likeness (QED) is 0.811. The molecule has 0 spiro atoms. The van der Waals surface area contributed by atoms with Crippen LogP contribution < -0.4 is 0 Å². The van der Waals surface area contributed by atoms with Crippen LogP contribution in [-0.4, -0.2) is 45.3 Å². The maximum Gasteiger partial charge on any atom is 0.242 e. The second kappa shape index (κ2) is 5.75. The van der Waals surface area contributed by atoms with Gasteiger partial charge in [-0.15, -0.1) is 11.6 Å². The van der Waals surface area contributed by atoms with Gasteiger partial charge in [0, 0.05) is 32.6 Å². The van der Waals surface area contributed by atoms with E-state index < -0.39 is 0 Å². The first kappa shape index (κ1) is 14.1. The number of amides is 1. The third-order valence-electron chi connectivity index (χ3n) is 2.74. The number of carbonyl (C=O) groups is 1. The molecule has 2 rings (SSSR count). The molecule has 0 saturated heterocycles. The fraction of sp³-hybridized carbons (Fsp3) is 0.417. The first-order valence-corrected chi connectivity index (χ1v) is 6.71. The number of aryl methyl sites for hydroxylation is 1. The second-order valence-corrected chi connectivity index (χ2v) is 5.15. The molecule has 0 aliphatic carbocycles. The van der Waals surface area contributed by atoms with Crippen molar-refractivity contribution in [1.82, 2.24) is 19.4 Å². The molecule has 0 N–H and O–H groups in total. The summed E-state index contributed by atoms with van der Waals surface area (Å²) in [4.78, 5) is 22.1. The van der Waals surface area contributed by atoms with Gasteiger partial charge in [0.15, 0.2) is 5.65 Å². The minimum absolute atomic E-state index is 0.0214. The Morgan fingerprint density at radius 1 is 1.47 bits per heavy atom. The number of aromatic nitrogens is 3. The van der Waals surface area contributed by atoms with Gasteiger partial charge in [-0.3, -0.25) is 4.79 Å². The zero-order chi connectivity index (χ0) is 14.0. The Labute approximate surface area is 121 Å². The van der Waals surface area contributed by atoms with Gasteiger partial charge in [-0.25, -0.2) is 9.97 Å². The summed E-state index contributed by atoms with van der Waals surface area (Å²) in [6.07, 6.45) is 2.13. The number of alkyl halides is 1. The number of hydrogen-bond donors (Lipinski definition) is 0. The van der Waals surface area contributed by atoms with Crippen molar-refractivity contribution >= 4 is 40.3 Å². The van der Waals surface area contributed by atoms with Crippen LogP contribution in [0.2, 0.25) is 5.02 Å². The second-order valence-electron chi connectivity index (χ2n) is 4.34. The summed E-state index contributed by atoms with van der Waals surface area (Å²) < 4.78 is 1.79. The molecule has 0 bridgehead atoms. The van der Waals surface area contributed by atoms with Gasteiger partial charge in [0.25, 0.3) is 0 Å². The van der Waals surface area contributed by atoms with Crippen molar-refractivity contribution in [3.63, 3.8) is 0 Å². The maximum atomic E-state index is 11.9. The highest BCUT2D eigenvalue weighted by Gasteiger charge is 2.15. The predicted octanol–water partition coefficient (Wildman–Crippen LogP) is 1.95. The molecule has 0 radical (unpaired) electrons. The third kappa shape index (κ3) is 2.98. The lowest BCUT2D eigenvalue weighted by Gasteiger charge is -2.12. The average molecular weight is 301 g/mol. The van der Waals surface area contributed by atoms with Crippen molar-refractivity contribution in [1.29, 1.82) is 0 Å². The average Bonchev–Trinajstić information content (AvgIpc) is 2.67. The highest BCUT2D eigenvalue weighted by Crippen LogP contribution is 2.18. The summed E-state index contributed by atoms with van der Waals surface area (Å²) >= 11 is 11.7. The molecule has 0 aliphatic heterocycles. The van der Waals surface area contributed by atoms with Crippen molar-refractivity contribution in [3.05, 3.63) is 23.1 Å². The van der Waals surface area contributed by atoms with Gasteiger partial charge < -0.3 is 9.47 Å². The number of nitrogens with zero attached hydrogens (tertiary/aromatic N) is 4. The SMILES string of the molecule is CN(C)C(=O)Cn1c(CCCl)nc2cc(Cl)cnc21. The van der Waals surface area contributed by atoms with Crippen molar-refractivity contribution in [2.75, 3.05) is 20.0 Å². The molecule has 5 nitrogen and oxygen atoms in total. The molecule has 19 heavy (non-hydrogen) atoms. The molecule has 2 heterocycles. The van der Waals surface area contributed by atoms with E-state index in [1.807, 2.05) is 0 Å². The number of fused-ring (bicyclic) bond motifs is 1. The summed E-state index contributed by atoms with van der Waals surface area (Å²) in [5, 5.41) is 0.522. The normalized spacial score (nSPS) is 10.9. The molecule has 2 aromatic heterocycles. The van der Waals surface area contributed by atoms with Gasteiger partial charge in [0.1, 0.15) is 17.9 Å². The van der Waals surface area contributed by atoms with E-state index in [0.717, 1.165) is 5.82 Å². The minimum Gasteiger partial charge on any atom is -0.347 e. The number of hydrogen-bond acceptors (Lipinski definition) is 3. The van der Waals surface area contributed by atoms with Gasteiger partial charge in [-0.1, -0.05) is 11.6 Å². The molecular weight excluding hydrogens is 287 g/mol. The molecule has 0 aromatic carbocycles. The highest BCUT2D eigenvalue weighted by atomic mass is 35.5. The fourth-order valence-electron chi connectivity index (χ4n) is 1.75. The first-order valence-electron chi connectivity index (χ1n) is 5.79. The zero-order valence-corrected chi connectivity index (χ0v) is 12.2. The van der Waals surface area contributed by atoms with Gasteiger partial charge in [0.05, 0.1) is 5.02 Å². The fourth-order valence-corrected chi connectivity index (χ4v) is 2.07. The van der Waals surface area contributed by atoms with Crippen LogP contribution in [0.3, 0.4) is 0 Å². The molecule has 0 fully saturated rings. The van der Waals surface area contributed by atoms with E-state index in [1.165, 1.54) is 4.90 Å². The third-order valence-corrected chi connectivity index (χ3v) is 3.14. The number of pyridine rings is 1. The zero-order valence-electron chi connectivity index (χ0n) is 10.7. The van der Waals surface area contributed by atoms with E-state index in [9.17, 15) is 4.79 Å². The van der Waals surface area contributed by atoms with E-state index in [-0.39, 0.29) is 12.5 Å². The topological polar surface area (TPSA) is 51.0 Å². The number of imidazole rings is 1. The van der Waals surface area contributed by atoms with Crippen molar-refractivity contribution in [3.8, 4) is 0 Å². The van der Waals surface area contributed by atoms with Gasteiger partial charge in [-0.05, 0) is 6.07 Å². The Hall–Kier alpha value is -1.33. The van der Waals surface area contributed by atoms with Crippen LogP contribution in [0.4, 0.5) is 0 Å².